The molecule has 0 bridgehead atoms. The molecule has 1 heterocycles. The highest BCUT2D eigenvalue weighted by atomic mass is 35.5. The van der Waals surface area contributed by atoms with E-state index in [1.165, 1.54) is 4.90 Å². The van der Waals surface area contributed by atoms with Crippen molar-refractivity contribution >= 4 is 35.0 Å². The molecule has 1 saturated heterocycles. The Balaban J connectivity index is 1.61. The van der Waals surface area contributed by atoms with Gasteiger partial charge in [0.05, 0.1) is 6.54 Å². The summed E-state index contributed by atoms with van der Waals surface area (Å²) >= 11 is 5.93. The zero-order valence-electron chi connectivity index (χ0n) is 18.5. The van der Waals surface area contributed by atoms with E-state index in [0.29, 0.717) is 36.6 Å². The lowest BCUT2D eigenvalue weighted by molar-refractivity contribution is -0.140. The van der Waals surface area contributed by atoms with Crippen LogP contribution in [-0.2, 0) is 20.8 Å². The number of hydrogen-bond acceptors (Lipinski definition) is 4. The van der Waals surface area contributed by atoms with Gasteiger partial charge in [-0.2, -0.15) is 0 Å². The number of rotatable bonds is 9. The van der Waals surface area contributed by atoms with Crippen molar-refractivity contribution in [3.05, 3.63) is 65.2 Å². The smallest absolute Gasteiger partial charge is 0.248 e. The van der Waals surface area contributed by atoms with E-state index in [1.807, 2.05) is 49.3 Å². The van der Waals surface area contributed by atoms with Gasteiger partial charge >= 0.3 is 0 Å². The van der Waals surface area contributed by atoms with E-state index < -0.39 is 0 Å². The third-order valence-electron chi connectivity index (χ3n) is 5.40. The summed E-state index contributed by atoms with van der Waals surface area (Å²) < 4.78 is 0. The molecule has 32 heavy (non-hydrogen) atoms. The second-order valence-corrected chi connectivity index (χ2v) is 8.57. The Hall–Kier alpha value is -2.90. The first-order valence-electron chi connectivity index (χ1n) is 10.6. The molecule has 0 unspecified atom stereocenters. The van der Waals surface area contributed by atoms with Gasteiger partial charge in [-0.3, -0.25) is 19.3 Å². The average molecular weight is 457 g/mol. The van der Waals surface area contributed by atoms with Crippen LogP contribution < -0.4 is 4.90 Å². The van der Waals surface area contributed by atoms with Crippen LogP contribution in [0.1, 0.15) is 12.0 Å². The Morgan fingerprint density at radius 1 is 1.00 bits per heavy atom. The molecular weight excluding hydrogens is 428 g/mol. The Kier molecular flexibility index (Phi) is 8.25. The molecule has 1 aliphatic heterocycles. The predicted octanol–water partition coefficient (Wildman–Crippen LogP) is 2.50. The average Bonchev–Trinajstić information content (AvgIpc) is 3.17. The summed E-state index contributed by atoms with van der Waals surface area (Å²) in [6.45, 7) is 1.23. The highest BCUT2D eigenvalue weighted by Gasteiger charge is 2.32. The van der Waals surface area contributed by atoms with Crippen LogP contribution in [0.4, 0.5) is 5.69 Å². The molecule has 0 aromatic heterocycles. The van der Waals surface area contributed by atoms with Crippen LogP contribution in [0.2, 0.25) is 5.02 Å². The molecule has 1 aliphatic rings. The first kappa shape index (κ1) is 23.8. The summed E-state index contributed by atoms with van der Waals surface area (Å²) in [6, 6.07) is 16.8. The van der Waals surface area contributed by atoms with Crippen LogP contribution in [0.25, 0.3) is 0 Å². The summed E-state index contributed by atoms with van der Waals surface area (Å²) in [4.78, 5) is 45.0. The maximum atomic E-state index is 13.0. The summed E-state index contributed by atoms with van der Waals surface area (Å²) in [5.74, 6) is -0.457. The second-order valence-electron chi connectivity index (χ2n) is 8.14. The van der Waals surface area contributed by atoms with E-state index in [4.69, 9.17) is 11.6 Å². The zero-order valence-corrected chi connectivity index (χ0v) is 19.3. The van der Waals surface area contributed by atoms with Crippen molar-refractivity contribution in [2.24, 2.45) is 0 Å². The van der Waals surface area contributed by atoms with Crippen LogP contribution in [0.5, 0.6) is 0 Å². The number of carbonyl (C=O) groups excluding carboxylic acids is 3. The molecule has 0 radical (unpaired) electrons. The van der Waals surface area contributed by atoms with Crippen LogP contribution in [-0.4, -0.2) is 79.4 Å². The van der Waals surface area contributed by atoms with Gasteiger partial charge in [0.1, 0.15) is 13.2 Å². The number of anilines is 1. The fourth-order valence-electron chi connectivity index (χ4n) is 3.49. The Morgan fingerprint density at radius 2 is 1.69 bits per heavy atom. The van der Waals surface area contributed by atoms with Crippen molar-refractivity contribution in [2.75, 3.05) is 51.8 Å². The van der Waals surface area contributed by atoms with E-state index in [1.54, 1.807) is 34.1 Å². The number of halogens is 1. The number of carbonyl (C=O) groups is 3. The van der Waals surface area contributed by atoms with E-state index in [9.17, 15) is 14.4 Å². The first-order chi connectivity index (χ1) is 15.3. The van der Waals surface area contributed by atoms with Crippen LogP contribution in [0, 0.1) is 0 Å². The van der Waals surface area contributed by atoms with Crippen molar-refractivity contribution in [1.29, 1.82) is 0 Å². The van der Waals surface area contributed by atoms with Gasteiger partial charge in [0, 0.05) is 30.2 Å². The Morgan fingerprint density at radius 3 is 2.34 bits per heavy atom. The SMILES string of the molecule is CN(C)CCN(CC(=O)N1CC(=O)N(c2ccc(Cl)cc2)C1)C(=O)CCc1ccccc1. The minimum absolute atomic E-state index is 0.00118. The quantitative estimate of drug-likeness (QED) is 0.581. The number of benzene rings is 2. The number of hydrogen-bond donors (Lipinski definition) is 0. The second kappa shape index (κ2) is 11.1. The van der Waals surface area contributed by atoms with Gasteiger partial charge < -0.3 is 14.7 Å². The Labute approximate surface area is 194 Å². The highest BCUT2D eigenvalue weighted by molar-refractivity contribution is 6.30. The molecule has 3 amide bonds. The molecule has 0 N–H and O–H groups in total. The molecular formula is C24H29ClN4O3. The molecule has 170 valence electrons. The third-order valence-corrected chi connectivity index (χ3v) is 5.65. The molecule has 0 spiro atoms. The summed E-state index contributed by atoms with van der Waals surface area (Å²) in [6.07, 6.45) is 0.958. The van der Waals surface area contributed by atoms with Crippen LogP contribution >= 0.6 is 11.6 Å². The van der Waals surface area contributed by atoms with Gasteiger partial charge in [0.25, 0.3) is 0 Å². The maximum absolute atomic E-state index is 13.0. The standard InChI is InChI=1S/C24H29ClN4O3/c1-26(2)14-15-27(22(30)13-8-19-6-4-3-5-7-19)16-23(31)28-17-24(32)29(18-28)21-11-9-20(25)10-12-21/h3-7,9-12H,8,13-18H2,1-2H3. The fourth-order valence-corrected chi connectivity index (χ4v) is 3.62. The maximum Gasteiger partial charge on any atom is 0.248 e. The molecule has 2 aromatic carbocycles. The zero-order chi connectivity index (χ0) is 23.1. The largest absolute Gasteiger partial charge is 0.332 e. The lowest BCUT2D eigenvalue weighted by Crippen LogP contribution is -2.45. The van der Waals surface area contributed by atoms with Gasteiger partial charge in [0.15, 0.2) is 0 Å². The van der Waals surface area contributed by atoms with Gasteiger partial charge in [-0.05, 0) is 50.3 Å². The van der Waals surface area contributed by atoms with Crippen molar-refractivity contribution in [3.8, 4) is 0 Å². The number of amides is 3. The van der Waals surface area contributed by atoms with Crippen LogP contribution in [0.3, 0.4) is 0 Å². The first-order valence-corrected chi connectivity index (χ1v) is 11.0. The molecule has 8 heteroatoms. The molecule has 7 nitrogen and oxygen atoms in total. The van der Waals surface area contributed by atoms with E-state index in [2.05, 4.69) is 0 Å². The predicted molar refractivity (Wildman–Crippen MR) is 125 cm³/mol. The van der Waals surface area contributed by atoms with Gasteiger partial charge in [-0.1, -0.05) is 41.9 Å². The summed E-state index contributed by atoms with van der Waals surface area (Å²) in [7, 11) is 3.86. The third kappa shape index (κ3) is 6.55. The van der Waals surface area contributed by atoms with Crippen molar-refractivity contribution in [2.45, 2.75) is 12.8 Å². The van der Waals surface area contributed by atoms with E-state index >= 15 is 0 Å². The molecule has 0 aliphatic carbocycles. The van der Waals surface area contributed by atoms with Gasteiger partial charge in [-0.15, -0.1) is 0 Å². The van der Waals surface area contributed by atoms with E-state index in [-0.39, 0.29) is 37.5 Å². The van der Waals surface area contributed by atoms with Crippen molar-refractivity contribution in [3.63, 3.8) is 0 Å². The lowest BCUT2D eigenvalue weighted by atomic mass is 10.1. The molecule has 2 aromatic rings. The Bertz CT molecular complexity index is 934. The van der Waals surface area contributed by atoms with Gasteiger partial charge in [-0.25, -0.2) is 0 Å². The minimum atomic E-state index is -0.235. The molecule has 3 rings (SSSR count). The molecule has 0 saturated carbocycles. The number of nitrogens with zero attached hydrogens (tertiary/aromatic N) is 4. The molecule has 1 fully saturated rings. The highest BCUT2D eigenvalue weighted by Crippen LogP contribution is 2.22. The monoisotopic (exact) mass is 456 g/mol. The summed E-state index contributed by atoms with van der Waals surface area (Å²) in [5, 5.41) is 0.582. The molecule has 0 atom stereocenters. The lowest BCUT2D eigenvalue weighted by Gasteiger charge is -2.26. The number of likely N-dealkylation sites (N-methyl/N-ethyl adjacent to an activating group) is 1. The van der Waals surface area contributed by atoms with Crippen LogP contribution in [0.15, 0.2) is 54.6 Å². The van der Waals surface area contributed by atoms with Crippen molar-refractivity contribution in [1.82, 2.24) is 14.7 Å². The fraction of sp³-hybridized carbons (Fsp3) is 0.375. The summed E-state index contributed by atoms with van der Waals surface area (Å²) in [5.41, 5.74) is 1.78. The minimum Gasteiger partial charge on any atom is -0.332 e. The number of aryl methyl sites for hydroxylation is 1. The van der Waals surface area contributed by atoms with Crippen molar-refractivity contribution < 1.29 is 14.4 Å². The van der Waals surface area contributed by atoms with Gasteiger partial charge in [0.2, 0.25) is 17.7 Å². The normalized spacial score (nSPS) is 13.7. The topological polar surface area (TPSA) is 64.2 Å². The van der Waals surface area contributed by atoms with E-state index in [0.717, 1.165) is 5.56 Å².